The van der Waals surface area contributed by atoms with Gasteiger partial charge >= 0.3 is 18.0 Å². The molecular formula is C18H33NO7Si. The molecule has 0 heterocycles. The van der Waals surface area contributed by atoms with Crippen molar-refractivity contribution in [2.45, 2.75) is 57.8 Å². The van der Waals surface area contributed by atoms with Crippen LogP contribution < -0.4 is 0 Å². The Kier molecular flexibility index (Phi) is 10.3. The normalized spacial score (nSPS) is 12.8. The molecule has 0 radical (unpaired) electrons. The van der Waals surface area contributed by atoms with E-state index in [2.05, 4.69) is 45.2 Å². The van der Waals surface area contributed by atoms with Gasteiger partial charge in [0.15, 0.2) is 8.32 Å². The molecule has 1 atom stereocenters. The maximum atomic E-state index is 12.4. The fourth-order valence-corrected chi connectivity index (χ4v) is 2.94. The smallest absolute Gasteiger partial charge is 0.410 e. The molecule has 0 unspecified atom stereocenters. The van der Waals surface area contributed by atoms with Crippen molar-refractivity contribution in [1.29, 1.82) is 0 Å². The first-order valence-corrected chi connectivity index (χ1v) is 11.7. The number of aliphatic carboxylic acids is 1. The number of amides is 1. The van der Waals surface area contributed by atoms with Gasteiger partial charge in [0.25, 0.3) is 0 Å². The van der Waals surface area contributed by atoms with E-state index in [9.17, 15) is 14.4 Å². The zero-order valence-electron chi connectivity index (χ0n) is 17.2. The fourth-order valence-electron chi connectivity index (χ4n) is 1.90. The molecule has 0 aliphatic carbocycles. The molecule has 9 heteroatoms. The summed E-state index contributed by atoms with van der Waals surface area (Å²) in [6.07, 6.45) is 0.629. The number of hydrogen-bond donors (Lipinski definition) is 1. The Morgan fingerprint density at radius 3 is 2.30 bits per heavy atom. The topological polar surface area (TPSA) is 102 Å². The number of methoxy groups -OCH3 is 1. The minimum Gasteiger partial charge on any atom is -0.481 e. The number of nitrogens with zero attached hydrogens (tertiary/aromatic N) is 1. The minimum atomic E-state index is -2.14. The lowest BCUT2D eigenvalue weighted by Crippen LogP contribution is -2.50. The average Bonchev–Trinajstić information content (AvgIpc) is 2.56. The third-order valence-electron chi connectivity index (χ3n) is 4.66. The van der Waals surface area contributed by atoms with Crippen LogP contribution in [0.5, 0.6) is 0 Å². The van der Waals surface area contributed by atoms with Gasteiger partial charge in [-0.3, -0.25) is 14.5 Å². The molecule has 1 amide bonds. The zero-order chi connectivity index (χ0) is 21.3. The summed E-state index contributed by atoms with van der Waals surface area (Å²) in [5.41, 5.74) is 0. The maximum absolute atomic E-state index is 12.4. The second kappa shape index (κ2) is 11.1. The van der Waals surface area contributed by atoms with Crippen LogP contribution >= 0.6 is 0 Å². The Balaban J connectivity index is 5.49. The third-order valence-corrected chi connectivity index (χ3v) is 9.16. The van der Waals surface area contributed by atoms with Crippen LogP contribution in [0.1, 0.15) is 33.6 Å². The summed E-state index contributed by atoms with van der Waals surface area (Å²) in [5, 5.41) is 8.98. The second-order valence-electron chi connectivity index (χ2n) is 7.73. The van der Waals surface area contributed by atoms with Crippen molar-refractivity contribution in [3.63, 3.8) is 0 Å². The third kappa shape index (κ3) is 9.05. The van der Waals surface area contributed by atoms with E-state index in [4.69, 9.17) is 14.3 Å². The lowest BCUT2D eigenvalue weighted by atomic mass is 10.1. The van der Waals surface area contributed by atoms with Gasteiger partial charge in [0.1, 0.15) is 13.2 Å². The van der Waals surface area contributed by atoms with Gasteiger partial charge in [-0.1, -0.05) is 33.4 Å². The summed E-state index contributed by atoms with van der Waals surface area (Å²) >= 11 is 0. The summed E-state index contributed by atoms with van der Waals surface area (Å²) in [6.45, 7) is 13.6. The molecule has 0 aliphatic rings. The van der Waals surface area contributed by atoms with Gasteiger partial charge in [-0.05, 0) is 24.6 Å². The predicted octanol–water partition coefficient (Wildman–Crippen LogP) is 3.04. The van der Waals surface area contributed by atoms with Crippen molar-refractivity contribution in [2.75, 3.05) is 26.9 Å². The van der Waals surface area contributed by atoms with E-state index in [0.29, 0.717) is 0 Å². The average molecular weight is 404 g/mol. The van der Waals surface area contributed by atoms with Crippen LogP contribution in [0.3, 0.4) is 0 Å². The van der Waals surface area contributed by atoms with E-state index in [0.717, 1.165) is 0 Å². The largest absolute Gasteiger partial charge is 0.481 e. The molecule has 0 saturated heterocycles. The van der Waals surface area contributed by atoms with Gasteiger partial charge in [0, 0.05) is 6.42 Å². The first kappa shape index (κ1) is 25.1. The Bertz CT molecular complexity index is 528. The molecule has 156 valence electrons. The molecular weight excluding hydrogens is 370 g/mol. The Morgan fingerprint density at radius 1 is 1.26 bits per heavy atom. The summed E-state index contributed by atoms with van der Waals surface area (Å²) in [5.74, 6) is -1.62. The van der Waals surface area contributed by atoms with Crippen LogP contribution in [0.15, 0.2) is 12.7 Å². The standard InChI is InChI=1S/C18H33NO7Si/c1-8-11-25-17(23)19(12-16(22)24-5)14(9-10-15(20)21)13-26-27(6,7)18(2,3)4/h8,14H,1,9-13H2,2-7H3,(H,20,21)/t14-/m0/s1. The van der Waals surface area contributed by atoms with Crippen LogP contribution in [0.2, 0.25) is 18.1 Å². The number of rotatable bonds is 11. The molecule has 0 bridgehead atoms. The van der Waals surface area contributed by atoms with Gasteiger partial charge in [-0.25, -0.2) is 4.79 Å². The molecule has 0 aromatic rings. The first-order chi connectivity index (χ1) is 12.4. The molecule has 0 saturated carbocycles. The van der Waals surface area contributed by atoms with Gasteiger partial charge in [-0.2, -0.15) is 0 Å². The number of hydrogen-bond acceptors (Lipinski definition) is 6. The molecule has 1 N–H and O–H groups in total. The highest BCUT2D eigenvalue weighted by atomic mass is 28.4. The molecule has 8 nitrogen and oxygen atoms in total. The zero-order valence-corrected chi connectivity index (χ0v) is 18.2. The van der Waals surface area contributed by atoms with Crippen LogP contribution in [-0.2, 0) is 23.5 Å². The minimum absolute atomic E-state index is 0.0226. The van der Waals surface area contributed by atoms with Crippen LogP contribution in [-0.4, -0.2) is 69.3 Å². The van der Waals surface area contributed by atoms with Crippen LogP contribution in [0.4, 0.5) is 4.79 Å². The van der Waals surface area contributed by atoms with Gasteiger partial charge < -0.3 is 19.0 Å². The molecule has 0 fully saturated rings. The predicted molar refractivity (Wildman–Crippen MR) is 104 cm³/mol. The van der Waals surface area contributed by atoms with E-state index in [1.54, 1.807) is 0 Å². The van der Waals surface area contributed by atoms with E-state index in [1.807, 2.05) is 0 Å². The highest BCUT2D eigenvalue weighted by molar-refractivity contribution is 6.74. The van der Waals surface area contributed by atoms with E-state index >= 15 is 0 Å². The van der Waals surface area contributed by atoms with E-state index < -0.39 is 32.4 Å². The molecule has 27 heavy (non-hydrogen) atoms. The Hall–Kier alpha value is -1.87. The molecule has 0 spiro atoms. The summed E-state index contributed by atoms with van der Waals surface area (Å²) < 4.78 is 15.9. The second-order valence-corrected chi connectivity index (χ2v) is 12.5. The highest BCUT2D eigenvalue weighted by Gasteiger charge is 2.39. The lowest BCUT2D eigenvalue weighted by Gasteiger charge is -2.39. The van der Waals surface area contributed by atoms with Gasteiger partial charge in [0.2, 0.25) is 0 Å². The molecule has 0 aliphatic heterocycles. The molecule has 0 aromatic carbocycles. The number of carboxylic acid groups (broad SMARTS) is 1. The van der Waals surface area contributed by atoms with E-state index in [-0.39, 0.29) is 37.6 Å². The monoisotopic (exact) mass is 403 g/mol. The molecule has 0 rings (SSSR count). The van der Waals surface area contributed by atoms with E-state index in [1.165, 1.54) is 18.1 Å². The summed E-state index contributed by atoms with van der Waals surface area (Å²) in [4.78, 5) is 36.4. The van der Waals surface area contributed by atoms with Crippen molar-refractivity contribution in [3.8, 4) is 0 Å². The molecule has 0 aromatic heterocycles. The van der Waals surface area contributed by atoms with Crippen molar-refractivity contribution in [3.05, 3.63) is 12.7 Å². The van der Waals surface area contributed by atoms with Crippen molar-refractivity contribution >= 4 is 26.3 Å². The number of carbonyl (C=O) groups excluding carboxylic acids is 2. The SMILES string of the molecule is C=CCOC(=O)N(CC(=O)OC)[C@@H](CCC(=O)O)CO[Si](C)(C)C(C)(C)C. The lowest BCUT2D eigenvalue weighted by molar-refractivity contribution is -0.142. The van der Waals surface area contributed by atoms with Crippen molar-refractivity contribution < 1.29 is 33.4 Å². The first-order valence-electron chi connectivity index (χ1n) is 8.82. The van der Waals surface area contributed by atoms with Crippen LogP contribution in [0.25, 0.3) is 0 Å². The number of carbonyl (C=O) groups is 3. The Labute approximate surface area is 162 Å². The summed E-state index contributed by atoms with van der Waals surface area (Å²) in [7, 11) is -0.920. The van der Waals surface area contributed by atoms with Gasteiger partial charge in [0.05, 0.1) is 19.8 Å². The number of ether oxygens (including phenoxy) is 2. The number of esters is 1. The summed E-state index contributed by atoms with van der Waals surface area (Å²) in [6, 6.07) is -0.633. The van der Waals surface area contributed by atoms with Crippen LogP contribution in [0, 0.1) is 0 Å². The highest BCUT2D eigenvalue weighted by Crippen LogP contribution is 2.36. The fraction of sp³-hybridized carbons (Fsp3) is 0.722. The maximum Gasteiger partial charge on any atom is 0.410 e. The van der Waals surface area contributed by atoms with Crippen molar-refractivity contribution in [1.82, 2.24) is 4.90 Å². The van der Waals surface area contributed by atoms with Gasteiger partial charge in [-0.15, -0.1) is 0 Å². The van der Waals surface area contributed by atoms with Crippen molar-refractivity contribution in [2.24, 2.45) is 0 Å². The quantitative estimate of drug-likeness (QED) is 0.321. The Morgan fingerprint density at radius 2 is 1.85 bits per heavy atom. The number of carboxylic acids is 1.